The molecule has 0 unspecified atom stereocenters. The summed E-state index contributed by atoms with van der Waals surface area (Å²) in [4.78, 5) is 13.7. The van der Waals surface area contributed by atoms with E-state index in [1.165, 1.54) is 0 Å². The minimum absolute atomic E-state index is 0.0129. The molecule has 0 spiro atoms. The third kappa shape index (κ3) is 2.70. The second-order valence-corrected chi connectivity index (χ2v) is 7.67. The van der Waals surface area contributed by atoms with Gasteiger partial charge < -0.3 is 19.7 Å². The Labute approximate surface area is 129 Å². The van der Waals surface area contributed by atoms with E-state index in [4.69, 9.17) is 9.47 Å². The third-order valence-corrected chi connectivity index (χ3v) is 5.77. The van der Waals surface area contributed by atoms with Crippen LogP contribution in [0.25, 0.3) is 0 Å². The molecule has 120 valence electrons. The van der Waals surface area contributed by atoms with Gasteiger partial charge in [-0.1, -0.05) is 0 Å². The van der Waals surface area contributed by atoms with E-state index >= 15 is 0 Å². The van der Waals surface area contributed by atoms with Crippen molar-refractivity contribution in [2.24, 2.45) is 0 Å². The van der Waals surface area contributed by atoms with Crippen LogP contribution in [0.3, 0.4) is 0 Å². The average molecular weight is 326 g/mol. The van der Waals surface area contributed by atoms with Gasteiger partial charge in [0.2, 0.25) is 5.91 Å². The van der Waals surface area contributed by atoms with E-state index in [0.717, 1.165) is 5.69 Å². The first kappa shape index (κ1) is 15.0. The zero-order valence-corrected chi connectivity index (χ0v) is 13.2. The van der Waals surface area contributed by atoms with E-state index in [1.54, 1.807) is 32.4 Å². The highest BCUT2D eigenvalue weighted by molar-refractivity contribution is 7.91. The summed E-state index contributed by atoms with van der Waals surface area (Å²) in [6.45, 7) is 0.118. The third-order valence-electron chi connectivity index (χ3n) is 4.05. The van der Waals surface area contributed by atoms with Crippen LogP contribution in [0, 0.1) is 0 Å². The van der Waals surface area contributed by atoms with Crippen molar-refractivity contribution in [2.75, 3.05) is 37.2 Å². The Morgan fingerprint density at radius 2 is 1.77 bits per heavy atom. The lowest BCUT2D eigenvalue weighted by molar-refractivity contribution is -0.121. The summed E-state index contributed by atoms with van der Waals surface area (Å²) in [6.07, 6.45) is 0. The number of methoxy groups -OCH3 is 2. The number of carbonyl (C=O) groups is 1. The summed E-state index contributed by atoms with van der Waals surface area (Å²) < 4.78 is 34.3. The zero-order valence-electron chi connectivity index (χ0n) is 12.4. The number of hydrogen-bond acceptors (Lipinski definition) is 6. The SMILES string of the molecule is COc1cc(OC)cc(N2CC(=O)N[C@@H]3CS(=O)(=O)C[C@@H]32)c1. The molecule has 22 heavy (non-hydrogen) atoms. The number of benzene rings is 1. The molecule has 2 aliphatic heterocycles. The molecule has 0 radical (unpaired) electrons. The van der Waals surface area contributed by atoms with Gasteiger partial charge in [0.05, 0.1) is 44.4 Å². The van der Waals surface area contributed by atoms with E-state index in [1.807, 2.05) is 4.90 Å². The molecule has 0 aliphatic carbocycles. The second kappa shape index (κ2) is 5.35. The van der Waals surface area contributed by atoms with Crippen LogP contribution in [-0.2, 0) is 14.6 Å². The molecule has 2 atom stereocenters. The van der Waals surface area contributed by atoms with Crippen LogP contribution < -0.4 is 19.7 Å². The Morgan fingerprint density at radius 3 is 2.36 bits per heavy atom. The van der Waals surface area contributed by atoms with E-state index in [0.29, 0.717) is 11.5 Å². The Kier molecular flexibility index (Phi) is 3.64. The smallest absolute Gasteiger partial charge is 0.239 e. The predicted octanol–water partition coefficient (Wildman–Crippen LogP) is -0.194. The number of piperazine rings is 1. The van der Waals surface area contributed by atoms with Crippen LogP contribution >= 0.6 is 0 Å². The maximum Gasteiger partial charge on any atom is 0.239 e. The molecule has 3 rings (SSSR count). The monoisotopic (exact) mass is 326 g/mol. The van der Waals surface area contributed by atoms with Crippen LogP contribution in [0.2, 0.25) is 0 Å². The van der Waals surface area contributed by atoms with Gasteiger partial charge >= 0.3 is 0 Å². The van der Waals surface area contributed by atoms with Gasteiger partial charge in [0.25, 0.3) is 0 Å². The molecule has 1 aromatic rings. The number of nitrogens with zero attached hydrogens (tertiary/aromatic N) is 1. The number of nitrogens with one attached hydrogen (secondary N) is 1. The first-order valence-electron chi connectivity index (χ1n) is 6.91. The molecular weight excluding hydrogens is 308 g/mol. The van der Waals surface area contributed by atoms with Crippen molar-refractivity contribution in [1.29, 1.82) is 0 Å². The lowest BCUT2D eigenvalue weighted by Gasteiger charge is -2.38. The van der Waals surface area contributed by atoms with Crippen molar-refractivity contribution >= 4 is 21.4 Å². The van der Waals surface area contributed by atoms with E-state index in [2.05, 4.69) is 5.32 Å². The fourth-order valence-corrected chi connectivity index (χ4v) is 4.96. The highest BCUT2D eigenvalue weighted by Crippen LogP contribution is 2.33. The van der Waals surface area contributed by atoms with Gasteiger partial charge in [-0.2, -0.15) is 0 Å². The fourth-order valence-electron chi connectivity index (χ4n) is 3.04. The lowest BCUT2D eigenvalue weighted by Crippen LogP contribution is -2.60. The van der Waals surface area contributed by atoms with E-state index < -0.39 is 9.84 Å². The summed E-state index contributed by atoms with van der Waals surface area (Å²) in [5, 5.41) is 2.77. The number of sulfone groups is 1. The van der Waals surface area contributed by atoms with Gasteiger partial charge in [-0.05, 0) is 0 Å². The minimum atomic E-state index is -3.14. The molecule has 0 aromatic heterocycles. The second-order valence-electron chi connectivity index (χ2n) is 5.52. The number of carbonyl (C=O) groups excluding carboxylic acids is 1. The number of hydrogen-bond donors (Lipinski definition) is 1. The van der Waals surface area contributed by atoms with Gasteiger partial charge in [0, 0.05) is 23.9 Å². The van der Waals surface area contributed by atoms with Gasteiger partial charge in [-0.25, -0.2) is 8.42 Å². The maximum atomic E-state index is 11.9. The molecule has 2 saturated heterocycles. The largest absolute Gasteiger partial charge is 0.497 e. The maximum absolute atomic E-state index is 11.9. The van der Waals surface area contributed by atoms with Crippen molar-refractivity contribution in [1.82, 2.24) is 5.32 Å². The van der Waals surface area contributed by atoms with Crippen molar-refractivity contribution in [3.63, 3.8) is 0 Å². The highest BCUT2D eigenvalue weighted by atomic mass is 32.2. The first-order chi connectivity index (χ1) is 10.4. The van der Waals surface area contributed by atoms with Crippen molar-refractivity contribution in [3.05, 3.63) is 18.2 Å². The van der Waals surface area contributed by atoms with Crippen LogP contribution in [-0.4, -0.2) is 58.7 Å². The summed E-state index contributed by atoms with van der Waals surface area (Å²) >= 11 is 0. The molecule has 2 fully saturated rings. The van der Waals surface area contributed by atoms with Crippen LogP contribution in [0.5, 0.6) is 11.5 Å². The number of ether oxygens (including phenoxy) is 2. The average Bonchev–Trinajstić information content (AvgIpc) is 2.79. The summed E-state index contributed by atoms with van der Waals surface area (Å²) in [7, 11) is -0.0516. The number of amides is 1. The summed E-state index contributed by atoms with van der Waals surface area (Å²) in [5.41, 5.74) is 0.721. The quantitative estimate of drug-likeness (QED) is 0.828. The van der Waals surface area contributed by atoms with Crippen LogP contribution in [0.4, 0.5) is 5.69 Å². The molecule has 1 amide bonds. The summed E-state index contributed by atoms with van der Waals surface area (Å²) in [5.74, 6) is 1.04. The van der Waals surface area contributed by atoms with E-state index in [-0.39, 0.29) is 36.0 Å². The molecule has 2 aliphatic rings. The molecule has 2 heterocycles. The predicted molar refractivity (Wildman–Crippen MR) is 81.3 cm³/mol. The molecule has 1 aromatic carbocycles. The zero-order chi connectivity index (χ0) is 15.9. The Balaban J connectivity index is 2.00. The van der Waals surface area contributed by atoms with Crippen LogP contribution in [0.15, 0.2) is 18.2 Å². The number of anilines is 1. The Morgan fingerprint density at radius 1 is 1.14 bits per heavy atom. The first-order valence-corrected chi connectivity index (χ1v) is 8.73. The topological polar surface area (TPSA) is 84.9 Å². The molecule has 8 heteroatoms. The standard InChI is InChI=1S/C14H18N2O5S/c1-20-10-3-9(4-11(5-10)21-2)16-6-14(17)15-12-7-22(18,19)8-13(12)16/h3-5,12-13H,6-8H2,1-2H3,(H,15,17)/t12-,13+/m1/s1. The van der Waals surface area contributed by atoms with E-state index in [9.17, 15) is 13.2 Å². The molecule has 0 saturated carbocycles. The van der Waals surface area contributed by atoms with Crippen molar-refractivity contribution in [3.8, 4) is 11.5 Å². The molecule has 1 N–H and O–H groups in total. The Hall–Kier alpha value is -1.96. The van der Waals surface area contributed by atoms with Crippen molar-refractivity contribution in [2.45, 2.75) is 12.1 Å². The lowest BCUT2D eigenvalue weighted by atomic mass is 10.1. The summed E-state index contributed by atoms with van der Waals surface area (Å²) in [6, 6.07) is 4.66. The van der Waals surface area contributed by atoms with Gasteiger partial charge in [-0.3, -0.25) is 4.79 Å². The fraction of sp³-hybridized carbons (Fsp3) is 0.500. The van der Waals surface area contributed by atoms with Crippen LogP contribution in [0.1, 0.15) is 0 Å². The molecular formula is C14H18N2O5S. The Bertz CT molecular complexity index is 681. The van der Waals surface area contributed by atoms with Crippen molar-refractivity contribution < 1.29 is 22.7 Å². The number of rotatable bonds is 3. The molecule has 0 bridgehead atoms. The van der Waals surface area contributed by atoms with Gasteiger partial charge in [-0.15, -0.1) is 0 Å². The molecule has 7 nitrogen and oxygen atoms in total. The minimum Gasteiger partial charge on any atom is -0.497 e. The van der Waals surface area contributed by atoms with Gasteiger partial charge in [0.1, 0.15) is 11.5 Å². The van der Waals surface area contributed by atoms with Gasteiger partial charge in [0.15, 0.2) is 9.84 Å². The normalized spacial score (nSPS) is 26.3. The highest BCUT2D eigenvalue weighted by Gasteiger charge is 2.45. The number of fused-ring (bicyclic) bond motifs is 1.